The predicted octanol–water partition coefficient (Wildman–Crippen LogP) is 2.10. The molecular weight excluding hydrogens is 252 g/mol. The van der Waals surface area contributed by atoms with Crippen molar-refractivity contribution >= 4 is 22.4 Å². The predicted molar refractivity (Wildman–Crippen MR) is 72.6 cm³/mol. The number of ether oxygens (including phenoxy) is 2. The first-order chi connectivity index (χ1) is 8.63. The molecule has 5 nitrogen and oxygen atoms in total. The largest absolute Gasteiger partial charge is 0.465 e. The van der Waals surface area contributed by atoms with Crippen LogP contribution in [0.2, 0.25) is 0 Å². The van der Waals surface area contributed by atoms with Gasteiger partial charge >= 0.3 is 5.97 Å². The summed E-state index contributed by atoms with van der Waals surface area (Å²) < 4.78 is 10.1. The lowest BCUT2D eigenvalue weighted by atomic mass is 10.4. The second kappa shape index (κ2) is 7.33. The molecule has 0 fully saturated rings. The van der Waals surface area contributed by atoms with Crippen molar-refractivity contribution in [3.63, 3.8) is 0 Å². The van der Waals surface area contributed by atoms with E-state index < -0.39 is 0 Å². The maximum atomic E-state index is 11.5. The molecule has 1 aromatic heterocycles. The molecule has 0 aliphatic heterocycles. The fourth-order valence-corrected chi connectivity index (χ4v) is 2.58. The molecule has 0 spiro atoms. The fraction of sp³-hybridized carbons (Fsp3) is 0.667. The number of likely N-dealkylation sites (N-methyl/N-ethyl adjacent to an activating group) is 1. The number of nitrogens with zero attached hydrogens (tertiary/aromatic N) is 2. The van der Waals surface area contributed by atoms with Crippen molar-refractivity contribution in [1.29, 1.82) is 0 Å². The summed E-state index contributed by atoms with van der Waals surface area (Å²) in [7, 11) is 1.38. The van der Waals surface area contributed by atoms with Gasteiger partial charge in [-0.25, -0.2) is 9.78 Å². The highest BCUT2D eigenvalue weighted by Gasteiger charge is 2.18. The molecule has 0 saturated carbocycles. The summed E-state index contributed by atoms with van der Waals surface area (Å²) in [5, 5.41) is 0.843. The van der Waals surface area contributed by atoms with Gasteiger partial charge in [-0.2, -0.15) is 0 Å². The quantitative estimate of drug-likeness (QED) is 0.562. The van der Waals surface area contributed by atoms with Crippen LogP contribution in [0, 0.1) is 6.92 Å². The number of esters is 1. The van der Waals surface area contributed by atoms with Gasteiger partial charge in [0.2, 0.25) is 0 Å². The standard InChI is InChI=1S/C12H20N2O3S/c1-5-14(7-8-17-6-2)12-13-9(3)10(18-12)11(15)16-4/h5-8H2,1-4H3. The number of aryl methyl sites for hydroxylation is 1. The molecule has 18 heavy (non-hydrogen) atoms. The zero-order valence-corrected chi connectivity index (χ0v) is 12.2. The van der Waals surface area contributed by atoms with E-state index >= 15 is 0 Å². The van der Waals surface area contributed by atoms with Crippen molar-refractivity contribution < 1.29 is 14.3 Å². The summed E-state index contributed by atoms with van der Waals surface area (Å²) in [6.45, 7) is 8.83. The van der Waals surface area contributed by atoms with Crippen molar-refractivity contribution in [1.82, 2.24) is 4.98 Å². The number of methoxy groups -OCH3 is 1. The van der Waals surface area contributed by atoms with Crippen LogP contribution in [0.5, 0.6) is 0 Å². The Bertz CT molecular complexity index is 393. The fourth-order valence-electron chi connectivity index (χ4n) is 1.51. The first-order valence-electron chi connectivity index (χ1n) is 6.02. The van der Waals surface area contributed by atoms with Gasteiger partial charge in [-0.05, 0) is 20.8 Å². The van der Waals surface area contributed by atoms with Crippen LogP contribution in [0.3, 0.4) is 0 Å². The van der Waals surface area contributed by atoms with Crippen molar-refractivity contribution in [3.05, 3.63) is 10.6 Å². The Kier molecular flexibility index (Phi) is 6.07. The van der Waals surface area contributed by atoms with Gasteiger partial charge in [0.15, 0.2) is 5.13 Å². The van der Waals surface area contributed by atoms with Gasteiger partial charge in [-0.15, -0.1) is 0 Å². The van der Waals surface area contributed by atoms with Gasteiger partial charge in [0.1, 0.15) is 4.88 Å². The number of thiazole rings is 1. The van der Waals surface area contributed by atoms with Crippen molar-refractivity contribution in [2.45, 2.75) is 20.8 Å². The molecule has 0 N–H and O–H groups in total. The van der Waals surface area contributed by atoms with E-state index in [2.05, 4.69) is 16.8 Å². The molecule has 1 aromatic rings. The number of carbonyl (C=O) groups is 1. The zero-order valence-electron chi connectivity index (χ0n) is 11.4. The van der Waals surface area contributed by atoms with Crippen molar-refractivity contribution in [3.8, 4) is 0 Å². The average Bonchev–Trinajstić information content (AvgIpc) is 2.76. The van der Waals surface area contributed by atoms with Crippen LogP contribution in [0.15, 0.2) is 0 Å². The van der Waals surface area contributed by atoms with Crippen LogP contribution >= 0.6 is 11.3 Å². The number of hydrogen-bond acceptors (Lipinski definition) is 6. The van der Waals surface area contributed by atoms with E-state index in [-0.39, 0.29) is 5.97 Å². The Balaban J connectivity index is 2.77. The molecular formula is C12H20N2O3S. The SMILES string of the molecule is CCOCCN(CC)c1nc(C)c(C(=O)OC)s1. The van der Waals surface area contributed by atoms with E-state index in [4.69, 9.17) is 9.47 Å². The molecule has 1 heterocycles. The Labute approximate surface area is 112 Å². The highest BCUT2D eigenvalue weighted by atomic mass is 32.1. The van der Waals surface area contributed by atoms with Gasteiger partial charge in [0.05, 0.1) is 19.4 Å². The first-order valence-corrected chi connectivity index (χ1v) is 6.84. The number of carbonyl (C=O) groups excluding carboxylic acids is 1. The molecule has 0 unspecified atom stereocenters. The van der Waals surface area contributed by atoms with E-state index in [0.29, 0.717) is 18.1 Å². The van der Waals surface area contributed by atoms with Crippen LogP contribution in [-0.4, -0.2) is 44.4 Å². The summed E-state index contributed by atoms with van der Waals surface area (Å²) >= 11 is 1.37. The van der Waals surface area contributed by atoms with E-state index in [1.807, 2.05) is 13.8 Å². The normalized spacial score (nSPS) is 10.4. The Hall–Kier alpha value is -1.14. The molecule has 0 atom stereocenters. The first kappa shape index (κ1) is 14.9. The summed E-state index contributed by atoms with van der Waals surface area (Å²) in [5.74, 6) is -0.322. The third-order valence-electron chi connectivity index (χ3n) is 2.52. The summed E-state index contributed by atoms with van der Waals surface area (Å²) in [6, 6.07) is 0. The molecule has 0 aromatic carbocycles. The van der Waals surface area contributed by atoms with E-state index in [9.17, 15) is 4.79 Å². The maximum Gasteiger partial charge on any atom is 0.350 e. The second-order valence-corrected chi connectivity index (χ2v) is 4.66. The highest BCUT2D eigenvalue weighted by molar-refractivity contribution is 7.17. The highest BCUT2D eigenvalue weighted by Crippen LogP contribution is 2.26. The van der Waals surface area contributed by atoms with Crippen LogP contribution in [0.1, 0.15) is 29.2 Å². The van der Waals surface area contributed by atoms with Crippen molar-refractivity contribution in [2.24, 2.45) is 0 Å². The van der Waals surface area contributed by atoms with Crippen LogP contribution in [0.4, 0.5) is 5.13 Å². The van der Waals surface area contributed by atoms with Gasteiger partial charge in [-0.1, -0.05) is 11.3 Å². The summed E-state index contributed by atoms with van der Waals surface area (Å²) in [5.41, 5.74) is 0.719. The lowest BCUT2D eigenvalue weighted by Crippen LogP contribution is -2.27. The Morgan fingerprint density at radius 2 is 2.17 bits per heavy atom. The maximum absolute atomic E-state index is 11.5. The third kappa shape index (κ3) is 3.68. The minimum absolute atomic E-state index is 0.322. The van der Waals surface area contributed by atoms with Crippen molar-refractivity contribution in [2.75, 3.05) is 38.3 Å². The molecule has 1 rings (SSSR count). The number of aromatic nitrogens is 1. The molecule has 0 radical (unpaired) electrons. The molecule has 102 valence electrons. The topological polar surface area (TPSA) is 51.7 Å². The minimum Gasteiger partial charge on any atom is -0.465 e. The summed E-state index contributed by atoms with van der Waals surface area (Å²) in [6.07, 6.45) is 0. The van der Waals surface area contributed by atoms with E-state index in [1.54, 1.807) is 0 Å². The lowest BCUT2D eigenvalue weighted by Gasteiger charge is -2.19. The zero-order chi connectivity index (χ0) is 13.5. The van der Waals surface area contributed by atoms with Crippen LogP contribution in [0.25, 0.3) is 0 Å². The Morgan fingerprint density at radius 3 is 2.72 bits per heavy atom. The average molecular weight is 272 g/mol. The van der Waals surface area contributed by atoms with E-state index in [1.165, 1.54) is 18.4 Å². The molecule has 0 bridgehead atoms. The smallest absolute Gasteiger partial charge is 0.350 e. The van der Waals surface area contributed by atoms with Crippen LogP contribution < -0.4 is 4.90 Å². The second-order valence-electron chi connectivity index (χ2n) is 3.68. The van der Waals surface area contributed by atoms with Gasteiger partial charge < -0.3 is 14.4 Å². The number of hydrogen-bond donors (Lipinski definition) is 0. The monoisotopic (exact) mass is 272 g/mol. The molecule has 0 saturated heterocycles. The lowest BCUT2D eigenvalue weighted by molar-refractivity contribution is 0.0605. The van der Waals surface area contributed by atoms with Gasteiger partial charge in [0.25, 0.3) is 0 Å². The molecule has 0 amide bonds. The number of rotatable bonds is 7. The van der Waals surface area contributed by atoms with Gasteiger partial charge in [0, 0.05) is 19.7 Å². The molecule has 6 heteroatoms. The van der Waals surface area contributed by atoms with Gasteiger partial charge in [-0.3, -0.25) is 0 Å². The Morgan fingerprint density at radius 1 is 1.44 bits per heavy atom. The van der Waals surface area contributed by atoms with E-state index in [0.717, 1.165) is 23.9 Å². The summed E-state index contributed by atoms with van der Waals surface area (Å²) in [4.78, 5) is 18.6. The third-order valence-corrected chi connectivity index (χ3v) is 3.72. The molecule has 0 aliphatic carbocycles. The molecule has 0 aliphatic rings. The minimum atomic E-state index is -0.322. The van der Waals surface area contributed by atoms with Crippen LogP contribution in [-0.2, 0) is 9.47 Å². The number of anilines is 1.